The van der Waals surface area contributed by atoms with Crippen LogP contribution >= 0.6 is 7.82 Å². The van der Waals surface area contributed by atoms with Gasteiger partial charge in [0.05, 0.1) is 13.2 Å². The minimum absolute atomic E-state index is 0.0275. The van der Waals surface area contributed by atoms with Crippen molar-refractivity contribution in [3.8, 4) is 0 Å². The minimum atomic E-state index is -4.37. The Morgan fingerprint density at radius 3 is 1.47 bits per heavy atom. The molecule has 336 valence electrons. The summed E-state index contributed by atoms with van der Waals surface area (Å²) in [4.78, 5) is 35.1. The first-order valence-electron chi connectivity index (χ1n) is 23.2. The molecule has 58 heavy (non-hydrogen) atoms. The SMILES string of the molecule is CCCCC/C=C\C/C=C\CCCCCCCCCCCC(=O)OC(COC(=O)CCC/C=C\C/C=C\C/C=C\CCCCCCCC)COP(=O)(O)OCCNC. The Morgan fingerprint density at radius 2 is 0.948 bits per heavy atom. The first kappa shape index (κ1) is 55.7. The molecule has 0 aliphatic heterocycles. The molecule has 0 bridgehead atoms. The number of nitrogens with one attached hydrogen (secondary N) is 1. The largest absolute Gasteiger partial charge is 0.472 e. The van der Waals surface area contributed by atoms with E-state index in [-0.39, 0.29) is 26.1 Å². The maximum atomic E-state index is 12.6. The van der Waals surface area contributed by atoms with Crippen LogP contribution in [0.2, 0.25) is 0 Å². The van der Waals surface area contributed by atoms with Crippen LogP contribution in [0.3, 0.4) is 0 Å². The van der Waals surface area contributed by atoms with Crippen LogP contribution in [0, 0.1) is 0 Å². The van der Waals surface area contributed by atoms with Crippen molar-refractivity contribution in [2.75, 3.05) is 33.4 Å². The van der Waals surface area contributed by atoms with Crippen molar-refractivity contribution in [3.63, 3.8) is 0 Å². The van der Waals surface area contributed by atoms with Crippen LogP contribution in [0.1, 0.15) is 194 Å². The van der Waals surface area contributed by atoms with Gasteiger partial charge in [-0.05, 0) is 84.1 Å². The van der Waals surface area contributed by atoms with E-state index >= 15 is 0 Å². The molecule has 0 heterocycles. The van der Waals surface area contributed by atoms with E-state index in [9.17, 15) is 19.0 Å². The number of carbonyl (C=O) groups excluding carboxylic acids is 2. The molecule has 0 fully saturated rings. The fourth-order valence-electron chi connectivity index (χ4n) is 6.07. The fourth-order valence-corrected chi connectivity index (χ4v) is 6.82. The summed E-state index contributed by atoms with van der Waals surface area (Å²) in [6.45, 7) is 4.13. The Labute approximate surface area is 355 Å². The summed E-state index contributed by atoms with van der Waals surface area (Å²) in [5.41, 5.74) is 0. The van der Waals surface area contributed by atoms with Gasteiger partial charge in [-0.2, -0.15) is 0 Å². The Balaban J connectivity index is 4.27. The van der Waals surface area contributed by atoms with E-state index in [1.807, 2.05) is 0 Å². The van der Waals surface area contributed by atoms with Crippen LogP contribution in [0.4, 0.5) is 0 Å². The summed E-state index contributed by atoms with van der Waals surface area (Å²) < 4.78 is 33.2. The number of ether oxygens (including phenoxy) is 2. The predicted octanol–water partition coefficient (Wildman–Crippen LogP) is 13.5. The third-order valence-electron chi connectivity index (χ3n) is 9.61. The highest BCUT2D eigenvalue weighted by atomic mass is 31.2. The van der Waals surface area contributed by atoms with Crippen molar-refractivity contribution in [3.05, 3.63) is 60.8 Å². The average Bonchev–Trinajstić information content (AvgIpc) is 3.21. The molecule has 0 rings (SSSR count). The van der Waals surface area contributed by atoms with E-state index in [2.05, 4.69) is 79.9 Å². The number of phosphoric ester groups is 1. The summed E-state index contributed by atoms with van der Waals surface area (Å²) in [7, 11) is -2.67. The number of allylic oxidation sites excluding steroid dienone is 10. The normalized spacial score (nSPS) is 13.8. The second kappa shape index (κ2) is 44.3. The van der Waals surface area contributed by atoms with Crippen molar-refractivity contribution in [2.24, 2.45) is 0 Å². The van der Waals surface area contributed by atoms with Gasteiger partial charge in [-0.3, -0.25) is 18.6 Å². The molecule has 0 aliphatic rings. The fraction of sp³-hybridized carbons (Fsp3) is 0.750. The smallest absolute Gasteiger partial charge is 0.462 e. The minimum Gasteiger partial charge on any atom is -0.462 e. The second-order valence-electron chi connectivity index (χ2n) is 15.2. The van der Waals surface area contributed by atoms with Gasteiger partial charge in [0.2, 0.25) is 0 Å². The summed E-state index contributed by atoms with van der Waals surface area (Å²) in [6, 6.07) is 0. The van der Waals surface area contributed by atoms with Gasteiger partial charge in [0, 0.05) is 19.4 Å². The van der Waals surface area contributed by atoms with Crippen molar-refractivity contribution < 1.29 is 37.6 Å². The molecule has 2 atom stereocenters. The molecular weight excluding hydrogens is 750 g/mol. The molecule has 0 aromatic carbocycles. The second-order valence-corrected chi connectivity index (χ2v) is 16.7. The molecule has 0 radical (unpaired) electrons. The summed E-state index contributed by atoms with van der Waals surface area (Å²) >= 11 is 0. The highest BCUT2D eigenvalue weighted by Crippen LogP contribution is 2.43. The summed E-state index contributed by atoms with van der Waals surface area (Å²) in [5, 5.41) is 2.82. The van der Waals surface area contributed by atoms with Gasteiger partial charge < -0.3 is 19.7 Å². The van der Waals surface area contributed by atoms with Gasteiger partial charge in [0.1, 0.15) is 6.61 Å². The van der Waals surface area contributed by atoms with E-state index in [1.54, 1.807) is 7.05 Å². The van der Waals surface area contributed by atoms with Crippen molar-refractivity contribution in [2.45, 2.75) is 200 Å². The summed E-state index contributed by atoms with van der Waals surface area (Å²) in [6.07, 6.45) is 51.3. The quantitative estimate of drug-likeness (QED) is 0.0268. The number of likely N-dealkylation sites (N-methyl/N-ethyl adjacent to an activating group) is 1. The van der Waals surface area contributed by atoms with Crippen LogP contribution in [-0.2, 0) is 32.7 Å². The molecule has 2 unspecified atom stereocenters. The Kier molecular flexibility index (Phi) is 42.5. The third kappa shape index (κ3) is 43.3. The number of unbranched alkanes of at least 4 members (excludes halogenated alkanes) is 19. The van der Waals surface area contributed by atoms with E-state index in [4.69, 9.17) is 18.5 Å². The Hall–Kier alpha value is -2.29. The highest BCUT2D eigenvalue weighted by Gasteiger charge is 2.26. The van der Waals surface area contributed by atoms with Crippen LogP contribution in [0.5, 0.6) is 0 Å². The summed E-state index contributed by atoms with van der Waals surface area (Å²) in [5.74, 6) is -0.873. The van der Waals surface area contributed by atoms with E-state index in [0.717, 1.165) is 57.8 Å². The van der Waals surface area contributed by atoms with Crippen LogP contribution in [0.25, 0.3) is 0 Å². The zero-order valence-electron chi connectivity index (χ0n) is 37.2. The highest BCUT2D eigenvalue weighted by molar-refractivity contribution is 7.47. The Bertz CT molecular complexity index is 1130. The van der Waals surface area contributed by atoms with Gasteiger partial charge in [-0.1, -0.05) is 164 Å². The average molecular weight is 836 g/mol. The molecule has 10 heteroatoms. The van der Waals surface area contributed by atoms with E-state index < -0.39 is 32.5 Å². The van der Waals surface area contributed by atoms with Gasteiger partial charge in [-0.25, -0.2) is 4.57 Å². The molecule has 9 nitrogen and oxygen atoms in total. The standard InChI is InChI=1S/C48H86NO8P/c1-4-6-8-10-12-14-16-18-20-22-23-25-27-29-31-33-35-37-39-41-48(51)57-46(45-56-58(52,53)55-43-42-49-3)44-54-47(50)40-38-36-34-32-30-28-26-24-21-19-17-15-13-11-9-7-5-2/h12,14,18-21,26,28,32,34,46,49H,4-11,13,15-17,22-25,27,29-31,33,35-45H2,1-3H3,(H,52,53)/b14-12-,20-18-,21-19-,28-26-,34-32-. The third-order valence-corrected chi connectivity index (χ3v) is 10.6. The number of hydrogen-bond acceptors (Lipinski definition) is 8. The lowest BCUT2D eigenvalue weighted by Crippen LogP contribution is -2.29. The first-order chi connectivity index (χ1) is 28.3. The lowest BCUT2D eigenvalue weighted by molar-refractivity contribution is -0.161. The molecule has 0 aromatic rings. The first-order valence-corrected chi connectivity index (χ1v) is 24.7. The monoisotopic (exact) mass is 836 g/mol. The van der Waals surface area contributed by atoms with Crippen LogP contribution < -0.4 is 5.32 Å². The van der Waals surface area contributed by atoms with Crippen molar-refractivity contribution in [1.29, 1.82) is 0 Å². The molecule has 0 aliphatic carbocycles. The Morgan fingerprint density at radius 1 is 0.534 bits per heavy atom. The van der Waals surface area contributed by atoms with Gasteiger partial charge in [0.15, 0.2) is 6.10 Å². The number of phosphoric acid groups is 1. The maximum absolute atomic E-state index is 12.6. The number of rotatable bonds is 43. The van der Waals surface area contributed by atoms with Crippen LogP contribution in [0.15, 0.2) is 60.8 Å². The molecule has 0 saturated heterocycles. The molecular formula is C48H86NO8P. The number of carbonyl (C=O) groups is 2. The van der Waals surface area contributed by atoms with Gasteiger partial charge >= 0.3 is 19.8 Å². The lowest BCUT2D eigenvalue weighted by Gasteiger charge is -2.20. The molecule has 2 N–H and O–H groups in total. The number of hydrogen-bond donors (Lipinski definition) is 2. The molecule has 0 aromatic heterocycles. The number of esters is 2. The zero-order chi connectivity index (χ0) is 42.5. The van der Waals surface area contributed by atoms with Crippen molar-refractivity contribution in [1.82, 2.24) is 5.32 Å². The topological polar surface area (TPSA) is 120 Å². The molecule has 0 amide bonds. The van der Waals surface area contributed by atoms with E-state index in [0.29, 0.717) is 19.4 Å². The molecule has 0 spiro atoms. The molecule has 0 saturated carbocycles. The zero-order valence-corrected chi connectivity index (χ0v) is 38.1. The maximum Gasteiger partial charge on any atom is 0.472 e. The lowest BCUT2D eigenvalue weighted by atomic mass is 10.1. The van der Waals surface area contributed by atoms with E-state index in [1.165, 1.54) is 96.3 Å². The van der Waals surface area contributed by atoms with Crippen molar-refractivity contribution >= 4 is 19.8 Å². The predicted molar refractivity (Wildman–Crippen MR) is 243 cm³/mol. The van der Waals surface area contributed by atoms with Gasteiger partial charge in [0.25, 0.3) is 0 Å². The van der Waals surface area contributed by atoms with Crippen LogP contribution in [-0.4, -0.2) is 56.3 Å². The van der Waals surface area contributed by atoms with Gasteiger partial charge in [-0.15, -0.1) is 0 Å².